The molecule has 0 radical (unpaired) electrons. The third kappa shape index (κ3) is 2.50. The lowest BCUT2D eigenvalue weighted by Gasteiger charge is -2.09. The molecule has 1 N–H and O–H groups in total. The summed E-state index contributed by atoms with van der Waals surface area (Å²) in [6, 6.07) is 13.0. The first kappa shape index (κ1) is 12.7. The van der Waals surface area contributed by atoms with Gasteiger partial charge in [0, 0.05) is 12.2 Å². The van der Waals surface area contributed by atoms with Crippen LogP contribution in [0.15, 0.2) is 36.4 Å². The fraction of sp³-hybridized carbons (Fsp3) is 0.235. The molecule has 0 aromatic heterocycles. The molecule has 0 saturated carbocycles. The predicted molar refractivity (Wildman–Crippen MR) is 76.9 cm³/mol. The van der Waals surface area contributed by atoms with Gasteiger partial charge in [-0.2, -0.15) is 5.26 Å². The van der Waals surface area contributed by atoms with Gasteiger partial charge in [0.2, 0.25) is 0 Å². The standard InChI is InChI=1S/C17H15FN2/c18-17-7-4-12(8-15(17)10-19)11-20-16-6-5-13-2-1-3-14(13)9-16/h4-9,20H,1-3,11H2. The van der Waals surface area contributed by atoms with Gasteiger partial charge in [-0.1, -0.05) is 12.1 Å². The first-order valence-corrected chi connectivity index (χ1v) is 6.80. The Kier molecular flexibility index (Phi) is 3.39. The number of nitriles is 1. The minimum Gasteiger partial charge on any atom is -0.381 e. The van der Waals surface area contributed by atoms with Crippen LogP contribution in [-0.4, -0.2) is 0 Å². The highest BCUT2D eigenvalue weighted by molar-refractivity contribution is 5.50. The van der Waals surface area contributed by atoms with Crippen molar-refractivity contribution in [3.8, 4) is 6.07 Å². The minimum atomic E-state index is -0.464. The van der Waals surface area contributed by atoms with E-state index >= 15 is 0 Å². The molecule has 0 spiro atoms. The Labute approximate surface area is 117 Å². The van der Waals surface area contributed by atoms with E-state index < -0.39 is 5.82 Å². The second-order valence-electron chi connectivity index (χ2n) is 5.12. The van der Waals surface area contributed by atoms with Crippen LogP contribution >= 0.6 is 0 Å². The van der Waals surface area contributed by atoms with Crippen molar-refractivity contribution >= 4 is 5.69 Å². The van der Waals surface area contributed by atoms with Crippen LogP contribution in [0, 0.1) is 17.1 Å². The van der Waals surface area contributed by atoms with Crippen LogP contribution in [0.2, 0.25) is 0 Å². The van der Waals surface area contributed by atoms with Crippen molar-refractivity contribution in [2.75, 3.05) is 5.32 Å². The van der Waals surface area contributed by atoms with Gasteiger partial charge in [-0.15, -0.1) is 0 Å². The highest BCUT2D eigenvalue weighted by Crippen LogP contribution is 2.25. The Morgan fingerprint density at radius 3 is 2.80 bits per heavy atom. The van der Waals surface area contributed by atoms with Crippen LogP contribution in [0.5, 0.6) is 0 Å². The molecule has 0 fully saturated rings. The topological polar surface area (TPSA) is 35.8 Å². The number of aryl methyl sites for hydroxylation is 2. The molecule has 0 saturated heterocycles. The first-order chi connectivity index (χ1) is 9.76. The predicted octanol–water partition coefficient (Wildman–Crippen LogP) is 3.80. The molecule has 20 heavy (non-hydrogen) atoms. The summed E-state index contributed by atoms with van der Waals surface area (Å²) >= 11 is 0. The fourth-order valence-electron chi connectivity index (χ4n) is 2.65. The van der Waals surface area contributed by atoms with E-state index in [1.165, 1.54) is 30.0 Å². The van der Waals surface area contributed by atoms with Gasteiger partial charge < -0.3 is 5.32 Å². The maximum absolute atomic E-state index is 13.2. The Balaban J connectivity index is 1.72. The van der Waals surface area contributed by atoms with E-state index in [4.69, 9.17) is 5.26 Å². The summed E-state index contributed by atoms with van der Waals surface area (Å²) in [5.74, 6) is -0.464. The molecular formula is C17H15FN2. The van der Waals surface area contributed by atoms with E-state index in [0.717, 1.165) is 17.7 Å². The quantitative estimate of drug-likeness (QED) is 0.917. The average Bonchev–Trinajstić information content (AvgIpc) is 2.94. The summed E-state index contributed by atoms with van der Waals surface area (Å²) in [6.45, 7) is 0.591. The second-order valence-corrected chi connectivity index (χ2v) is 5.12. The van der Waals surface area contributed by atoms with Gasteiger partial charge in [0.05, 0.1) is 5.56 Å². The van der Waals surface area contributed by atoms with Crippen LogP contribution in [0.3, 0.4) is 0 Å². The van der Waals surface area contributed by atoms with E-state index in [-0.39, 0.29) is 5.56 Å². The van der Waals surface area contributed by atoms with Gasteiger partial charge in [-0.25, -0.2) is 4.39 Å². The first-order valence-electron chi connectivity index (χ1n) is 6.80. The molecule has 100 valence electrons. The molecule has 2 nitrogen and oxygen atoms in total. The van der Waals surface area contributed by atoms with Crippen molar-refractivity contribution in [1.82, 2.24) is 0 Å². The van der Waals surface area contributed by atoms with Gasteiger partial charge in [-0.3, -0.25) is 0 Å². The molecule has 0 amide bonds. The lowest BCUT2D eigenvalue weighted by molar-refractivity contribution is 0.623. The SMILES string of the molecule is N#Cc1cc(CNc2ccc3c(c2)CCC3)ccc1F. The van der Waals surface area contributed by atoms with Gasteiger partial charge in [0.25, 0.3) is 0 Å². The fourth-order valence-corrected chi connectivity index (χ4v) is 2.65. The number of nitrogens with one attached hydrogen (secondary N) is 1. The summed E-state index contributed by atoms with van der Waals surface area (Å²) in [7, 11) is 0. The zero-order chi connectivity index (χ0) is 13.9. The van der Waals surface area contributed by atoms with E-state index in [1.807, 2.05) is 6.07 Å². The van der Waals surface area contributed by atoms with Crippen LogP contribution in [0.4, 0.5) is 10.1 Å². The van der Waals surface area contributed by atoms with Crippen LogP contribution in [0.1, 0.15) is 28.7 Å². The normalized spacial score (nSPS) is 12.8. The van der Waals surface area contributed by atoms with E-state index in [0.29, 0.717) is 6.54 Å². The van der Waals surface area contributed by atoms with Crippen molar-refractivity contribution in [1.29, 1.82) is 5.26 Å². The van der Waals surface area contributed by atoms with E-state index in [9.17, 15) is 4.39 Å². The zero-order valence-corrected chi connectivity index (χ0v) is 11.1. The van der Waals surface area contributed by atoms with Gasteiger partial charge in [0.1, 0.15) is 11.9 Å². The van der Waals surface area contributed by atoms with Crippen molar-refractivity contribution in [2.45, 2.75) is 25.8 Å². The molecule has 3 rings (SSSR count). The van der Waals surface area contributed by atoms with Crippen LogP contribution in [0.25, 0.3) is 0 Å². The molecule has 3 heteroatoms. The van der Waals surface area contributed by atoms with Crippen molar-refractivity contribution < 1.29 is 4.39 Å². The van der Waals surface area contributed by atoms with Crippen molar-refractivity contribution in [2.24, 2.45) is 0 Å². The summed E-state index contributed by atoms with van der Waals surface area (Å²) in [4.78, 5) is 0. The Morgan fingerprint density at radius 1 is 1.10 bits per heavy atom. The second kappa shape index (κ2) is 5.34. The van der Waals surface area contributed by atoms with Crippen LogP contribution in [-0.2, 0) is 19.4 Å². The summed E-state index contributed by atoms with van der Waals surface area (Å²) < 4.78 is 13.2. The molecule has 0 aliphatic heterocycles. The Hall–Kier alpha value is -2.34. The van der Waals surface area contributed by atoms with Crippen molar-refractivity contribution in [3.63, 3.8) is 0 Å². The molecule has 0 heterocycles. The lowest BCUT2D eigenvalue weighted by Crippen LogP contribution is -2.01. The van der Waals surface area contributed by atoms with E-state index in [2.05, 4.69) is 23.5 Å². The maximum Gasteiger partial charge on any atom is 0.140 e. The number of nitrogens with zero attached hydrogens (tertiary/aromatic N) is 1. The number of anilines is 1. The van der Waals surface area contributed by atoms with Gasteiger partial charge >= 0.3 is 0 Å². The molecule has 0 atom stereocenters. The number of fused-ring (bicyclic) bond motifs is 1. The van der Waals surface area contributed by atoms with Crippen molar-refractivity contribution in [3.05, 3.63) is 64.5 Å². The molecule has 2 aromatic carbocycles. The van der Waals surface area contributed by atoms with Crippen LogP contribution < -0.4 is 5.32 Å². The third-order valence-electron chi connectivity index (χ3n) is 3.75. The molecular weight excluding hydrogens is 251 g/mol. The van der Waals surface area contributed by atoms with Gasteiger partial charge in [0.15, 0.2) is 0 Å². The zero-order valence-electron chi connectivity index (χ0n) is 11.1. The number of halogens is 1. The van der Waals surface area contributed by atoms with E-state index in [1.54, 1.807) is 12.1 Å². The average molecular weight is 266 g/mol. The third-order valence-corrected chi connectivity index (χ3v) is 3.75. The molecule has 0 bridgehead atoms. The molecule has 1 aliphatic rings. The summed E-state index contributed by atoms with van der Waals surface area (Å²) in [5.41, 5.74) is 4.95. The lowest BCUT2D eigenvalue weighted by atomic mass is 10.1. The largest absolute Gasteiger partial charge is 0.381 e. The van der Waals surface area contributed by atoms with Gasteiger partial charge in [-0.05, 0) is 60.2 Å². The molecule has 2 aromatic rings. The maximum atomic E-state index is 13.2. The number of hydrogen-bond acceptors (Lipinski definition) is 2. The smallest absolute Gasteiger partial charge is 0.140 e. The highest BCUT2D eigenvalue weighted by atomic mass is 19.1. The minimum absolute atomic E-state index is 0.0956. The highest BCUT2D eigenvalue weighted by Gasteiger charge is 2.10. The Morgan fingerprint density at radius 2 is 1.95 bits per heavy atom. The monoisotopic (exact) mass is 266 g/mol. The molecule has 1 aliphatic carbocycles. The number of rotatable bonds is 3. The number of benzene rings is 2. The number of hydrogen-bond donors (Lipinski definition) is 1. The summed E-state index contributed by atoms with van der Waals surface area (Å²) in [6.07, 6.45) is 3.57. The molecule has 0 unspecified atom stereocenters. The Bertz CT molecular complexity index is 686. The summed E-state index contributed by atoms with van der Waals surface area (Å²) in [5, 5.41) is 12.2.